The van der Waals surface area contributed by atoms with E-state index in [4.69, 9.17) is 0 Å². The lowest BCUT2D eigenvalue weighted by molar-refractivity contribution is 0.549. The molecule has 0 heterocycles. The molecule has 0 fully saturated rings. The van der Waals surface area contributed by atoms with Gasteiger partial charge in [0.25, 0.3) is 0 Å². The van der Waals surface area contributed by atoms with E-state index in [-0.39, 0.29) is 0 Å². The van der Waals surface area contributed by atoms with Crippen molar-refractivity contribution in [2.45, 2.75) is 84.0 Å². The topological polar surface area (TPSA) is 0 Å². The van der Waals surface area contributed by atoms with Crippen LogP contribution in [0, 0.1) is 0 Å². The number of rotatable bonds is 13. The molecule has 0 atom stereocenters. The maximum atomic E-state index is 3.90. The molecule has 0 spiro atoms. The van der Waals surface area contributed by atoms with Crippen LogP contribution in [0.25, 0.3) is 6.08 Å². The van der Waals surface area contributed by atoms with Crippen molar-refractivity contribution in [1.82, 2.24) is 0 Å². The molecule has 0 aromatic heterocycles. The molecule has 21 heavy (non-hydrogen) atoms. The first-order valence-electron chi connectivity index (χ1n) is 9.08. The Labute approximate surface area is 132 Å². The predicted molar refractivity (Wildman–Crippen MR) is 96.7 cm³/mol. The minimum atomic E-state index is 1.21. The lowest BCUT2D eigenvalue weighted by Gasteiger charge is -2.06. The third kappa shape index (κ3) is 8.75. The van der Waals surface area contributed by atoms with Crippen LogP contribution in [0.4, 0.5) is 0 Å². The Hall–Kier alpha value is -1.04. The van der Waals surface area contributed by atoms with Gasteiger partial charge < -0.3 is 0 Å². The molecular formula is C21H34. The Balaban J connectivity index is 1.94. The Morgan fingerprint density at radius 2 is 1.29 bits per heavy atom. The van der Waals surface area contributed by atoms with Crippen LogP contribution < -0.4 is 0 Å². The molecule has 0 aliphatic carbocycles. The smallest absolute Gasteiger partial charge is 0.0230 e. The van der Waals surface area contributed by atoms with E-state index in [0.717, 1.165) is 0 Å². The summed E-state index contributed by atoms with van der Waals surface area (Å²) in [5.74, 6) is 0. The summed E-state index contributed by atoms with van der Waals surface area (Å²) in [5.41, 5.74) is 2.77. The Morgan fingerprint density at radius 3 is 1.86 bits per heavy atom. The highest BCUT2D eigenvalue weighted by Gasteiger charge is 1.98. The van der Waals surface area contributed by atoms with Crippen molar-refractivity contribution in [3.8, 4) is 0 Å². The largest absolute Gasteiger partial charge is 0.0985 e. The summed E-state index contributed by atoms with van der Waals surface area (Å²) in [6, 6.07) is 8.65. The summed E-state index contributed by atoms with van der Waals surface area (Å²) < 4.78 is 0. The van der Waals surface area contributed by atoms with Gasteiger partial charge in [0.05, 0.1) is 0 Å². The number of hydrogen-bond acceptors (Lipinski definition) is 0. The molecule has 1 aromatic carbocycles. The molecule has 0 aliphatic rings. The number of hydrogen-bond donors (Lipinski definition) is 0. The maximum Gasteiger partial charge on any atom is -0.0230 e. The molecule has 0 saturated carbocycles. The highest BCUT2D eigenvalue weighted by Crippen LogP contribution is 2.15. The average Bonchev–Trinajstić information content (AvgIpc) is 2.53. The van der Waals surface area contributed by atoms with Gasteiger partial charge in [-0.3, -0.25) is 0 Å². The summed E-state index contributed by atoms with van der Waals surface area (Å²) in [6.07, 6.45) is 18.7. The molecule has 0 unspecified atom stereocenters. The van der Waals surface area contributed by atoms with E-state index in [1.54, 1.807) is 0 Å². The fraction of sp³-hybridized carbons (Fsp3) is 0.619. The van der Waals surface area contributed by atoms with Crippen LogP contribution in [-0.4, -0.2) is 0 Å². The summed E-state index contributed by atoms with van der Waals surface area (Å²) in [7, 11) is 0. The molecule has 0 heteroatoms. The van der Waals surface area contributed by atoms with Gasteiger partial charge in [0, 0.05) is 0 Å². The minimum absolute atomic E-state index is 1.21. The fourth-order valence-electron chi connectivity index (χ4n) is 2.94. The van der Waals surface area contributed by atoms with Crippen molar-refractivity contribution in [2.24, 2.45) is 0 Å². The van der Waals surface area contributed by atoms with E-state index in [2.05, 4.69) is 37.8 Å². The Bertz CT molecular complexity index is 364. The highest BCUT2D eigenvalue weighted by atomic mass is 14.0. The van der Waals surface area contributed by atoms with Crippen molar-refractivity contribution in [3.63, 3.8) is 0 Å². The summed E-state index contributed by atoms with van der Waals surface area (Å²) in [4.78, 5) is 0. The molecule has 0 aliphatic heterocycles. The lowest BCUT2D eigenvalue weighted by atomic mass is 10.00. The van der Waals surface area contributed by atoms with Crippen LogP contribution in [-0.2, 0) is 6.42 Å². The number of unbranched alkanes of at least 4 members (excludes halogenated alkanes) is 10. The minimum Gasteiger partial charge on any atom is -0.0985 e. The van der Waals surface area contributed by atoms with Crippen LogP contribution in [0.3, 0.4) is 0 Å². The number of aryl methyl sites for hydroxylation is 1. The van der Waals surface area contributed by atoms with E-state index in [9.17, 15) is 0 Å². The standard InChI is InChI=1S/C21H34/c1-3-5-6-7-8-9-10-11-12-13-14-18-21-19-16-15-17-20(21)4-2/h4,15-17,19H,2-3,5-14,18H2,1H3. The van der Waals surface area contributed by atoms with Crippen molar-refractivity contribution in [1.29, 1.82) is 0 Å². The van der Waals surface area contributed by atoms with Crippen molar-refractivity contribution < 1.29 is 0 Å². The molecule has 0 bridgehead atoms. The normalized spacial score (nSPS) is 10.7. The van der Waals surface area contributed by atoms with Crippen LogP contribution in [0.1, 0.15) is 88.7 Å². The zero-order chi connectivity index (χ0) is 15.2. The van der Waals surface area contributed by atoms with Gasteiger partial charge in [-0.05, 0) is 24.0 Å². The molecule has 0 radical (unpaired) electrons. The zero-order valence-electron chi connectivity index (χ0n) is 14.1. The second-order valence-corrected chi connectivity index (χ2v) is 6.19. The SMILES string of the molecule is C=Cc1ccccc1CCCCCCCCCCCCC. The summed E-state index contributed by atoms with van der Waals surface area (Å²) in [5, 5.41) is 0. The Morgan fingerprint density at radius 1 is 0.762 bits per heavy atom. The quantitative estimate of drug-likeness (QED) is 0.337. The van der Waals surface area contributed by atoms with Gasteiger partial charge in [0.2, 0.25) is 0 Å². The van der Waals surface area contributed by atoms with E-state index in [1.807, 2.05) is 6.08 Å². The van der Waals surface area contributed by atoms with Gasteiger partial charge in [-0.15, -0.1) is 0 Å². The first-order valence-corrected chi connectivity index (χ1v) is 9.08. The van der Waals surface area contributed by atoms with E-state index < -0.39 is 0 Å². The van der Waals surface area contributed by atoms with Crippen LogP contribution in [0.15, 0.2) is 30.8 Å². The molecule has 0 amide bonds. The van der Waals surface area contributed by atoms with Gasteiger partial charge in [0.15, 0.2) is 0 Å². The third-order valence-corrected chi connectivity index (χ3v) is 4.32. The van der Waals surface area contributed by atoms with E-state index >= 15 is 0 Å². The second kappa shape index (κ2) is 12.7. The first kappa shape index (κ1) is 18.0. The van der Waals surface area contributed by atoms with E-state index in [1.165, 1.54) is 88.2 Å². The van der Waals surface area contributed by atoms with Gasteiger partial charge in [-0.1, -0.05) is 108 Å². The second-order valence-electron chi connectivity index (χ2n) is 6.19. The monoisotopic (exact) mass is 286 g/mol. The van der Waals surface area contributed by atoms with Gasteiger partial charge in [-0.2, -0.15) is 0 Å². The molecule has 0 saturated heterocycles. The summed E-state index contributed by atoms with van der Waals surface area (Å²) in [6.45, 7) is 6.18. The van der Waals surface area contributed by atoms with Gasteiger partial charge in [0.1, 0.15) is 0 Å². The van der Waals surface area contributed by atoms with Crippen molar-refractivity contribution in [2.75, 3.05) is 0 Å². The van der Waals surface area contributed by atoms with Crippen LogP contribution >= 0.6 is 0 Å². The predicted octanol–water partition coefficient (Wildman–Crippen LogP) is 7.18. The molecule has 0 N–H and O–H groups in total. The molecular weight excluding hydrogens is 252 g/mol. The molecule has 0 nitrogen and oxygen atoms in total. The van der Waals surface area contributed by atoms with Crippen molar-refractivity contribution >= 4 is 6.08 Å². The van der Waals surface area contributed by atoms with Gasteiger partial charge >= 0.3 is 0 Å². The van der Waals surface area contributed by atoms with E-state index in [0.29, 0.717) is 0 Å². The average molecular weight is 287 g/mol. The lowest BCUT2D eigenvalue weighted by Crippen LogP contribution is -1.90. The third-order valence-electron chi connectivity index (χ3n) is 4.32. The van der Waals surface area contributed by atoms with Gasteiger partial charge in [-0.25, -0.2) is 0 Å². The fourth-order valence-corrected chi connectivity index (χ4v) is 2.94. The highest BCUT2D eigenvalue weighted by molar-refractivity contribution is 5.51. The summed E-state index contributed by atoms with van der Waals surface area (Å²) >= 11 is 0. The maximum absolute atomic E-state index is 3.90. The molecule has 1 aromatic rings. The Kier molecular flexibility index (Phi) is 10.9. The van der Waals surface area contributed by atoms with Crippen molar-refractivity contribution in [3.05, 3.63) is 42.0 Å². The molecule has 118 valence electrons. The first-order chi connectivity index (χ1) is 10.4. The van der Waals surface area contributed by atoms with Crippen LogP contribution in [0.2, 0.25) is 0 Å². The zero-order valence-corrected chi connectivity index (χ0v) is 14.1. The number of benzene rings is 1. The molecule has 1 rings (SSSR count). The van der Waals surface area contributed by atoms with Crippen LogP contribution in [0.5, 0.6) is 0 Å².